The minimum absolute atomic E-state index is 0.617. The van der Waals surface area contributed by atoms with Gasteiger partial charge in [-0.1, -0.05) is 18.0 Å². The van der Waals surface area contributed by atoms with E-state index in [2.05, 4.69) is 34.4 Å². The first-order chi connectivity index (χ1) is 9.75. The van der Waals surface area contributed by atoms with Gasteiger partial charge in [0, 0.05) is 29.9 Å². The molecule has 1 N–H and O–H groups in total. The highest BCUT2D eigenvalue weighted by atomic mass is 35.5. The fourth-order valence-corrected chi connectivity index (χ4v) is 3.14. The van der Waals surface area contributed by atoms with Crippen LogP contribution in [0.4, 0.5) is 5.69 Å². The van der Waals surface area contributed by atoms with E-state index in [0.717, 1.165) is 23.1 Å². The van der Waals surface area contributed by atoms with Crippen LogP contribution >= 0.6 is 11.6 Å². The fourth-order valence-electron chi connectivity index (χ4n) is 2.92. The summed E-state index contributed by atoms with van der Waals surface area (Å²) in [5, 5.41) is 5.38. The third-order valence-electron chi connectivity index (χ3n) is 4.17. The molecule has 3 nitrogen and oxygen atoms in total. The van der Waals surface area contributed by atoms with Crippen molar-refractivity contribution in [3.8, 4) is 0 Å². The average molecular weight is 290 g/mol. The number of piperidine rings is 1. The highest BCUT2D eigenvalue weighted by Crippen LogP contribution is 2.28. The molecule has 0 spiro atoms. The summed E-state index contributed by atoms with van der Waals surface area (Å²) in [4.78, 5) is 6.82. The predicted molar refractivity (Wildman–Crippen MR) is 85.5 cm³/mol. The minimum atomic E-state index is 0.617. The number of nitrogens with one attached hydrogen (secondary N) is 1. The van der Waals surface area contributed by atoms with Gasteiger partial charge in [-0.2, -0.15) is 0 Å². The van der Waals surface area contributed by atoms with Gasteiger partial charge in [0.15, 0.2) is 0 Å². The second-order valence-corrected chi connectivity index (χ2v) is 5.91. The van der Waals surface area contributed by atoms with E-state index in [0.29, 0.717) is 11.1 Å². The largest absolute Gasteiger partial charge is 0.383 e. The average Bonchev–Trinajstić information content (AvgIpc) is 2.48. The zero-order valence-electron chi connectivity index (χ0n) is 11.8. The second kappa shape index (κ2) is 5.98. The summed E-state index contributed by atoms with van der Waals surface area (Å²) in [6.07, 6.45) is 5.71. The molecule has 0 bridgehead atoms. The lowest BCUT2D eigenvalue weighted by atomic mass is 10.0. The van der Waals surface area contributed by atoms with Crippen molar-refractivity contribution in [2.24, 2.45) is 0 Å². The van der Waals surface area contributed by atoms with Crippen molar-refractivity contribution in [2.45, 2.75) is 25.3 Å². The first-order valence-corrected chi connectivity index (χ1v) is 7.61. The Morgan fingerprint density at radius 1 is 1.35 bits per heavy atom. The van der Waals surface area contributed by atoms with E-state index in [-0.39, 0.29) is 0 Å². The van der Waals surface area contributed by atoms with Crippen LogP contribution in [0.5, 0.6) is 0 Å². The molecule has 1 atom stereocenters. The van der Waals surface area contributed by atoms with Gasteiger partial charge >= 0.3 is 0 Å². The smallest absolute Gasteiger partial charge is 0.0908 e. The minimum Gasteiger partial charge on any atom is -0.383 e. The summed E-state index contributed by atoms with van der Waals surface area (Å²) in [5.74, 6) is 0. The lowest BCUT2D eigenvalue weighted by Crippen LogP contribution is -2.40. The summed E-state index contributed by atoms with van der Waals surface area (Å²) < 4.78 is 0. The first kappa shape index (κ1) is 13.7. The van der Waals surface area contributed by atoms with E-state index in [1.807, 2.05) is 12.1 Å². The van der Waals surface area contributed by atoms with Crippen LogP contribution in [0.25, 0.3) is 10.9 Å². The molecular formula is C16H20ClN3. The molecule has 3 rings (SSSR count). The highest BCUT2D eigenvalue weighted by molar-refractivity contribution is 6.35. The SMILES string of the molecule is CN1CCCCC1CNc1ccc(Cl)c2ncccc12. The topological polar surface area (TPSA) is 28.2 Å². The van der Waals surface area contributed by atoms with Crippen LogP contribution in [0.15, 0.2) is 30.5 Å². The van der Waals surface area contributed by atoms with Gasteiger partial charge in [0.2, 0.25) is 0 Å². The molecule has 4 heteroatoms. The van der Waals surface area contributed by atoms with Crippen LogP contribution < -0.4 is 5.32 Å². The molecule has 0 aliphatic carbocycles. The first-order valence-electron chi connectivity index (χ1n) is 7.23. The Kier molecular flexibility index (Phi) is 4.08. The Morgan fingerprint density at radius 2 is 2.25 bits per heavy atom. The number of nitrogens with zero attached hydrogens (tertiary/aromatic N) is 2. The third kappa shape index (κ3) is 2.74. The van der Waals surface area contributed by atoms with Gasteiger partial charge < -0.3 is 10.2 Å². The molecule has 0 amide bonds. The van der Waals surface area contributed by atoms with Crippen molar-refractivity contribution in [3.63, 3.8) is 0 Å². The van der Waals surface area contributed by atoms with E-state index >= 15 is 0 Å². The van der Waals surface area contributed by atoms with Crippen molar-refractivity contribution in [3.05, 3.63) is 35.5 Å². The second-order valence-electron chi connectivity index (χ2n) is 5.51. The number of benzene rings is 1. The molecule has 0 radical (unpaired) electrons. The van der Waals surface area contributed by atoms with Gasteiger partial charge in [0.05, 0.1) is 10.5 Å². The number of fused-ring (bicyclic) bond motifs is 1. The zero-order chi connectivity index (χ0) is 13.9. The molecule has 1 unspecified atom stereocenters. The van der Waals surface area contributed by atoms with Gasteiger partial charge in [-0.15, -0.1) is 0 Å². The molecule has 1 aromatic carbocycles. The van der Waals surface area contributed by atoms with Crippen LogP contribution in [0, 0.1) is 0 Å². The third-order valence-corrected chi connectivity index (χ3v) is 4.48. The summed E-state index contributed by atoms with van der Waals surface area (Å²) in [6.45, 7) is 2.18. The molecule has 2 heterocycles. The molecule has 1 aromatic heterocycles. The maximum absolute atomic E-state index is 6.20. The van der Waals surface area contributed by atoms with Gasteiger partial charge in [0.1, 0.15) is 0 Å². The quantitative estimate of drug-likeness (QED) is 0.932. The van der Waals surface area contributed by atoms with E-state index < -0.39 is 0 Å². The molecule has 1 aliphatic rings. The normalized spacial score (nSPS) is 20.2. The lowest BCUT2D eigenvalue weighted by molar-refractivity contribution is 0.195. The maximum atomic E-state index is 6.20. The number of anilines is 1. The van der Waals surface area contributed by atoms with Crippen LogP contribution in [-0.2, 0) is 0 Å². The van der Waals surface area contributed by atoms with E-state index in [1.54, 1.807) is 6.20 Å². The number of aromatic nitrogens is 1. The maximum Gasteiger partial charge on any atom is 0.0908 e. The van der Waals surface area contributed by atoms with Crippen molar-refractivity contribution >= 4 is 28.2 Å². The molecule has 2 aromatic rings. The lowest BCUT2D eigenvalue weighted by Gasteiger charge is -2.32. The number of rotatable bonds is 3. The summed E-state index contributed by atoms with van der Waals surface area (Å²) in [6, 6.07) is 8.61. The van der Waals surface area contributed by atoms with Gasteiger partial charge in [-0.25, -0.2) is 0 Å². The van der Waals surface area contributed by atoms with Crippen molar-refractivity contribution in [2.75, 3.05) is 25.5 Å². The van der Waals surface area contributed by atoms with Crippen LogP contribution in [-0.4, -0.2) is 36.1 Å². The summed E-state index contributed by atoms with van der Waals surface area (Å²) in [7, 11) is 2.22. The number of pyridine rings is 1. The molecule has 1 saturated heterocycles. The van der Waals surface area contributed by atoms with Gasteiger partial charge in [-0.3, -0.25) is 4.98 Å². The van der Waals surface area contributed by atoms with Gasteiger partial charge in [-0.05, 0) is 50.7 Å². The van der Waals surface area contributed by atoms with Gasteiger partial charge in [0.25, 0.3) is 0 Å². The molecule has 20 heavy (non-hydrogen) atoms. The highest BCUT2D eigenvalue weighted by Gasteiger charge is 2.18. The van der Waals surface area contributed by atoms with Crippen molar-refractivity contribution in [1.82, 2.24) is 9.88 Å². The standard InChI is InChI=1S/C16H20ClN3/c1-20-10-3-2-5-12(20)11-19-15-8-7-14(17)16-13(15)6-4-9-18-16/h4,6-9,12,19H,2-3,5,10-11H2,1H3. The number of hydrogen-bond acceptors (Lipinski definition) is 3. The Morgan fingerprint density at radius 3 is 3.10 bits per heavy atom. The van der Waals surface area contributed by atoms with Crippen LogP contribution in [0.2, 0.25) is 5.02 Å². The van der Waals surface area contributed by atoms with Crippen LogP contribution in [0.1, 0.15) is 19.3 Å². The number of halogens is 1. The molecular weight excluding hydrogens is 270 g/mol. The van der Waals surface area contributed by atoms with Crippen molar-refractivity contribution in [1.29, 1.82) is 0 Å². The summed E-state index contributed by atoms with van der Waals surface area (Å²) in [5.41, 5.74) is 1.99. The van der Waals surface area contributed by atoms with E-state index in [1.165, 1.54) is 25.8 Å². The Hall–Kier alpha value is -1.32. The Bertz CT molecular complexity index is 599. The van der Waals surface area contributed by atoms with E-state index in [9.17, 15) is 0 Å². The van der Waals surface area contributed by atoms with Crippen LogP contribution in [0.3, 0.4) is 0 Å². The molecule has 1 fully saturated rings. The van der Waals surface area contributed by atoms with E-state index in [4.69, 9.17) is 11.6 Å². The molecule has 0 saturated carbocycles. The summed E-state index contributed by atoms with van der Waals surface area (Å²) >= 11 is 6.20. The monoisotopic (exact) mass is 289 g/mol. The number of likely N-dealkylation sites (N-methyl/N-ethyl adjacent to an activating group) is 1. The Balaban J connectivity index is 1.79. The number of likely N-dealkylation sites (tertiary alicyclic amines) is 1. The predicted octanol–water partition coefficient (Wildman–Crippen LogP) is 3.78. The number of hydrogen-bond donors (Lipinski definition) is 1. The molecule has 106 valence electrons. The zero-order valence-corrected chi connectivity index (χ0v) is 12.5. The molecule has 1 aliphatic heterocycles. The van der Waals surface area contributed by atoms with Crippen molar-refractivity contribution < 1.29 is 0 Å². The Labute approximate surface area is 124 Å². The fraction of sp³-hybridized carbons (Fsp3) is 0.438.